The highest BCUT2D eigenvalue weighted by Gasteiger charge is 2.65. The molecule has 0 spiro atoms. The molecule has 4 atom stereocenters. The van der Waals surface area contributed by atoms with Gasteiger partial charge in [-0.3, -0.25) is 4.79 Å². The summed E-state index contributed by atoms with van der Waals surface area (Å²) in [5, 5.41) is 3.37. The van der Waals surface area contributed by atoms with Crippen molar-refractivity contribution in [2.45, 2.75) is 51.0 Å². The van der Waals surface area contributed by atoms with Crippen LogP contribution >= 0.6 is 0 Å². The van der Waals surface area contributed by atoms with Crippen LogP contribution in [0, 0.1) is 29.1 Å². The van der Waals surface area contributed by atoms with E-state index in [1.54, 1.807) is 0 Å². The highest BCUT2D eigenvalue weighted by molar-refractivity contribution is 5.84. The summed E-state index contributed by atoms with van der Waals surface area (Å²) in [5.74, 6) is 3.82. The highest BCUT2D eigenvalue weighted by Crippen LogP contribution is 2.65. The molecule has 0 radical (unpaired) electrons. The summed E-state index contributed by atoms with van der Waals surface area (Å²) in [7, 11) is 0. The third kappa shape index (κ3) is 1.37. The van der Waals surface area contributed by atoms with Crippen LogP contribution in [0.15, 0.2) is 0 Å². The fraction of sp³-hybridized carbons (Fsp3) is 0.933. The van der Waals surface area contributed by atoms with Gasteiger partial charge in [0.1, 0.15) is 0 Å². The second-order valence-electron chi connectivity index (χ2n) is 7.18. The largest absolute Gasteiger partial charge is 0.352 e. The number of fused-ring (bicyclic) bond motifs is 5. The fourth-order valence-corrected chi connectivity index (χ4v) is 5.40. The Hall–Kier alpha value is -0.570. The molecule has 0 aliphatic heterocycles. The smallest absolute Gasteiger partial charge is 0.227 e. The predicted molar refractivity (Wildman–Crippen MR) is 69.7 cm³/mol. The van der Waals surface area contributed by atoms with E-state index in [-0.39, 0.29) is 11.3 Å². The van der Waals surface area contributed by atoms with Crippen molar-refractivity contribution >= 4 is 5.91 Å². The molecule has 2 bridgehead atoms. The molecule has 0 aromatic rings. The van der Waals surface area contributed by atoms with E-state index < -0.39 is 0 Å². The standard InChI is InChI=1S/C15H24N2O/c16-8-15(5-1-2-6-15)14(18)17-13-11-9-3-4-10(7-9)12(11)13/h9-13H,1-8,16H2,(H,17,18). The maximum atomic E-state index is 12.5. The second kappa shape index (κ2) is 3.72. The average molecular weight is 248 g/mol. The Morgan fingerprint density at radius 2 is 1.78 bits per heavy atom. The van der Waals surface area contributed by atoms with E-state index in [1.165, 1.54) is 32.1 Å². The van der Waals surface area contributed by atoms with Crippen molar-refractivity contribution in [3.8, 4) is 0 Å². The van der Waals surface area contributed by atoms with Gasteiger partial charge in [0.05, 0.1) is 5.41 Å². The van der Waals surface area contributed by atoms with Gasteiger partial charge in [-0.25, -0.2) is 0 Å². The Labute approximate surface area is 109 Å². The van der Waals surface area contributed by atoms with E-state index in [0.29, 0.717) is 12.6 Å². The van der Waals surface area contributed by atoms with E-state index >= 15 is 0 Å². The van der Waals surface area contributed by atoms with Crippen molar-refractivity contribution in [3.05, 3.63) is 0 Å². The molecular weight excluding hydrogens is 224 g/mol. The molecule has 4 fully saturated rings. The summed E-state index contributed by atoms with van der Waals surface area (Å²) < 4.78 is 0. The van der Waals surface area contributed by atoms with Crippen LogP contribution in [-0.2, 0) is 4.79 Å². The average Bonchev–Trinajstić information content (AvgIpc) is 2.88. The summed E-state index contributed by atoms with van der Waals surface area (Å²) in [5.41, 5.74) is 5.68. The van der Waals surface area contributed by atoms with Gasteiger partial charge in [-0.15, -0.1) is 0 Å². The van der Waals surface area contributed by atoms with Gasteiger partial charge in [-0.1, -0.05) is 12.8 Å². The van der Waals surface area contributed by atoms with Gasteiger partial charge < -0.3 is 11.1 Å². The van der Waals surface area contributed by atoms with E-state index in [9.17, 15) is 4.79 Å². The number of hydrogen-bond acceptors (Lipinski definition) is 2. The third-order valence-electron chi connectivity index (χ3n) is 6.47. The van der Waals surface area contributed by atoms with Gasteiger partial charge in [0.15, 0.2) is 0 Å². The highest BCUT2D eigenvalue weighted by atomic mass is 16.2. The molecule has 0 aromatic heterocycles. The number of carbonyl (C=O) groups is 1. The first kappa shape index (κ1) is 11.3. The summed E-state index contributed by atoms with van der Waals surface area (Å²) >= 11 is 0. The van der Waals surface area contributed by atoms with E-state index in [4.69, 9.17) is 5.73 Å². The number of hydrogen-bond donors (Lipinski definition) is 2. The predicted octanol–water partition coefficient (Wildman–Crippen LogP) is 1.67. The van der Waals surface area contributed by atoms with Crippen molar-refractivity contribution in [2.75, 3.05) is 6.54 Å². The van der Waals surface area contributed by atoms with Gasteiger partial charge in [0.2, 0.25) is 5.91 Å². The van der Waals surface area contributed by atoms with E-state index in [2.05, 4.69) is 5.32 Å². The lowest BCUT2D eigenvalue weighted by Gasteiger charge is -2.26. The summed E-state index contributed by atoms with van der Waals surface area (Å²) in [6.45, 7) is 0.535. The maximum Gasteiger partial charge on any atom is 0.227 e. The molecule has 4 aliphatic rings. The quantitative estimate of drug-likeness (QED) is 0.798. The van der Waals surface area contributed by atoms with Crippen molar-refractivity contribution < 1.29 is 4.79 Å². The van der Waals surface area contributed by atoms with Crippen LogP contribution in [0.25, 0.3) is 0 Å². The molecule has 1 amide bonds. The monoisotopic (exact) mass is 248 g/mol. The molecule has 0 aromatic carbocycles. The SMILES string of the molecule is NCC1(C(=O)NC2C3C4CCC(C4)C23)CCCC1. The Balaban J connectivity index is 1.43. The van der Waals surface area contributed by atoms with Crippen molar-refractivity contribution in [1.29, 1.82) is 0 Å². The second-order valence-corrected chi connectivity index (χ2v) is 7.18. The molecule has 100 valence electrons. The van der Waals surface area contributed by atoms with Gasteiger partial charge in [0.25, 0.3) is 0 Å². The number of nitrogens with one attached hydrogen (secondary N) is 1. The van der Waals surface area contributed by atoms with Crippen LogP contribution in [0.2, 0.25) is 0 Å². The van der Waals surface area contributed by atoms with Crippen LogP contribution in [0.4, 0.5) is 0 Å². The normalized spacial score (nSPS) is 47.1. The van der Waals surface area contributed by atoms with Crippen LogP contribution in [0.3, 0.4) is 0 Å². The van der Waals surface area contributed by atoms with Crippen LogP contribution in [0.1, 0.15) is 44.9 Å². The first-order valence-electron chi connectivity index (χ1n) is 7.76. The first-order valence-corrected chi connectivity index (χ1v) is 7.76. The molecular formula is C15H24N2O. The van der Waals surface area contributed by atoms with Crippen molar-refractivity contribution in [2.24, 2.45) is 34.8 Å². The lowest BCUT2D eigenvalue weighted by molar-refractivity contribution is -0.130. The van der Waals surface area contributed by atoms with Crippen LogP contribution in [-0.4, -0.2) is 18.5 Å². The molecule has 3 N–H and O–H groups in total. The van der Waals surface area contributed by atoms with Crippen molar-refractivity contribution in [3.63, 3.8) is 0 Å². The van der Waals surface area contributed by atoms with Crippen LogP contribution < -0.4 is 11.1 Å². The van der Waals surface area contributed by atoms with Crippen molar-refractivity contribution in [1.82, 2.24) is 5.32 Å². The molecule has 0 saturated heterocycles. The minimum atomic E-state index is -0.212. The molecule has 4 aliphatic carbocycles. The number of rotatable bonds is 3. The van der Waals surface area contributed by atoms with E-state index in [0.717, 1.165) is 36.5 Å². The zero-order valence-electron chi connectivity index (χ0n) is 11.0. The van der Waals surface area contributed by atoms with Gasteiger partial charge in [0, 0.05) is 12.6 Å². The summed E-state index contributed by atoms with van der Waals surface area (Å²) in [4.78, 5) is 12.5. The molecule has 3 nitrogen and oxygen atoms in total. The first-order chi connectivity index (χ1) is 8.75. The molecule has 4 rings (SSSR count). The lowest BCUT2D eigenvalue weighted by atomic mass is 9.85. The molecule has 0 heterocycles. The summed E-state index contributed by atoms with van der Waals surface area (Å²) in [6, 6.07) is 0.521. The fourth-order valence-electron chi connectivity index (χ4n) is 5.40. The van der Waals surface area contributed by atoms with Gasteiger partial charge >= 0.3 is 0 Å². The Morgan fingerprint density at radius 3 is 2.33 bits per heavy atom. The van der Waals surface area contributed by atoms with Crippen LogP contribution in [0.5, 0.6) is 0 Å². The molecule has 4 unspecified atom stereocenters. The third-order valence-corrected chi connectivity index (χ3v) is 6.47. The zero-order valence-corrected chi connectivity index (χ0v) is 11.0. The molecule has 3 heteroatoms. The molecule has 4 saturated carbocycles. The summed E-state index contributed by atoms with van der Waals surface area (Å²) in [6.07, 6.45) is 8.64. The topological polar surface area (TPSA) is 55.1 Å². The Bertz CT molecular complexity index is 359. The maximum absolute atomic E-state index is 12.5. The number of carbonyl (C=O) groups excluding carboxylic acids is 1. The van der Waals surface area contributed by atoms with Gasteiger partial charge in [-0.2, -0.15) is 0 Å². The minimum Gasteiger partial charge on any atom is -0.352 e. The minimum absolute atomic E-state index is 0.212. The number of nitrogens with two attached hydrogens (primary N) is 1. The Morgan fingerprint density at radius 1 is 1.17 bits per heavy atom. The van der Waals surface area contributed by atoms with E-state index in [1.807, 2.05) is 0 Å². The number of amides is 1. The van der Waals surface area contributed by atoms with Gasteiger partial charge in [-0.05, 0) is 55.8 Å². The lowest BCUT2D eigenvalue weighted by Crippen LogP contribution is -2.46. The molecule has 18 heavy (non-hydrogen) atoms. The Kier molecular flexibility index (Phi) is 2.33. The zero-order chi connectivity index (χ0) is 12.3.